The number of rotatable bonds is 16. The number of aromatic hydroxyl groups is 1. The summed E-state index contributed by atoms with van der Waals surface area (Å²) >= 11 is 1.49. The van der Waals surface area contributed by atoms with Crippen molar-refractivity contribution in [1.82, 2.24) is 16.0 Å². The van der Waals surface area contributed by atoms with Crippen LogP contribution in [0.1, 0.15) is 52.5 Å². The highest BCUT2D eigenvalue weighted by molar-refractivity contribution is 7.98. The van der Waals surface area contributed by atoms with Gasteiger partial charge in [-0.15, -0.1) is 0 Å². The molecule has 0 fully saturated rings. The second kappa shape index (κ2) is 16.1. The van der Waals surface area contributed by atoms with E-state index in [1.165, 1.54) is 23.9 Å². The molecule has 37 heavy (non-hydrogen) atoms. The summed E-state index contributed by atoms with van der Waals surface area (Å²) in [7, 11) is 0. The normalized spacial score (nSPS) is 15.2. The Labute approximate surface area is 223 Å². The highest BCUT2D eigenvalue weighted by atomic mass is 32.2. The molecule has 1 rings (SSSR count). The van der Waals surface area contributed by atoms with E-state index in [1.807, 2.05) is 34.0 Å². The van der Waals surface area contributed by atoms with Crippen LogP contribution >= 0.6 is 11.8 Å². The molecule has 11 heteroatoms. The molecule has 0 aliphatic carbocycles. The molecule has 1 aromatic rings. The molecule has 10 nitrogen and oxygen atoms in total. The average Bonchev–Trinajstić information content (AvgIpc) is 2.85. The van der Waals surface area contributed by atoms with Gasteiger partial charge in [0.1, 0.15) is 23.9 Å². The fourth-order valence-corrected chi connectivity index (χ4v) is 4.07. The molecule has 208 valence electrons. The number of hydrogen-bond donors (Lipinski definition) is 6. The first kappa shape index (κ1) is 32.2. The van der Waals surface area contributed by atoms with E-state index in [0.29, 0.717) is 24.2 Å². The third kappa shape index (κ3) is 11.4. The van der Waals surface area contributed by atoms with Gasteiger partial charge < -0.3 is 31.9 Å². The summed E-state index contributed by atoms with van der Waals surface area (Å²) in [4.78, 5) is 50.8. The van der Waals surface area contributed by atoms with Gasteiger partial charge in [-0.3, -0.25) is 14.4 Å². The van der Waals surface area contributed by atoms with Gasteiger partial charge in [0.15, 0.2) is 0 Å². The number of benzene rings is 1. The molecule has 0 aliphatic rings. The Morgan fingerprint density at radius 3 is 1.97 bits per heavy atom. The number of carbonyl (C=O) groups is 4. The van der Waals surface area contributed by atoms with Crippen molar-refractivity contribution in [2.45, 2.75) is 77.5 Å². The molecule has 1 aromatic carbocycles. The smallest absolute Gasteiger partial charge is 0.326 e. The lowest BCUT2D eigenvalue weighted by Gasteiger charge is -2.27. The van der Waals surface area contributed by atoms with Crippen LogP contribution in [-0.2, 0) is 25.6 Å². The zero-order valence-corrected chi connectivity index (χ0v) is 23.1. The predicted molar refractivity (Wildman–Crippen MR) is 145 cm³/mol. The summed E-state index contributed by atoms with van der Waals surface area (Å²) < 4.78 is 0. The van der Waals surface area contributed by atoms with Crippen LogP contribution in [0.15, 0.2) is 24.3 Å². The van der Waals surface area contributed by atoms with Gasteiger partial charge >= 0.3 is 5.97 Å². The lowest BCUT2D eigenvalue weighted by atomic mass is 9.97. The molecule has 0 heterocycles. The summed E-state index contributed by atoms with van der Waals surface area (Å²) in [5.41, 5.74) is 6.66. The number of nitrogens with two attached hydrogens (primary N) is 1. The topological polar surface area (TPSA) is 171 Å². The minimum Gasteiger partial charge on any atom is -0.508 e. The van der Waals surface area contributed by atoms with Crippen LogP contribution in [0.4, 0.5) is 0 Å². The number of carboxylic acid groups (broad SMARTS) is 1. The van der Waals surface area contributed by atoms with Crippen LogP contribution in [0.5, 0.6) is 5.75 Å². The molecule has 0 radical (unpaired) electrons. The first-order valence-electron chi connectivity index (χ1n) is 12.6. The molecule has 0 saturated carbocycles. The largest absolute Gasteiger partial charge is 0.508 e. The third-order valence-electron chi connectivity index (χ3n) is 6.13. The van der Waals surface area contributed by atoms with E-state index in [4.69, 9.17) is 5.73 Å². The van der Waals surface area contributed by atoms with Crippen molar-refractivity contribution in [3.63, 3.8) is 0 Å². The average molecular weight is 539 g/mol. The number of carboxylic acids is 1. The first-order chi connectivity index (χ1) is 17.4. The lowest BCUT2D eigenvalue weighted by Crippen LogP contribution is -2.58. The summed E-state index contributed by atoms with van der Waals surface area (Å²) in [5.74, 6) is -2.19. The maximum Gasteiger partial charge on any atom is 0.326 e. The quantitative estimate of drug-likeness (QED) is 0.184. The van der Waals surface area contributed by atoms with Crippen molar-refractivity contribution in [1.29, 1.82) is 0 Å². The summed E-state index contributed by atoms with van der Waals surface area (Å²) in [6.07, 6.45) is 3.20. The maximum atomic E-state index is 13.2. The molecule has 0 aromatic heterocycles. The van der Waals surface area contributed by atoms with E-state index in [-0.39, 0.29) is 30.4 Å². The highest BCUT2D eigenvalue weighted by Gasteiger charge is 2.31. The molecule has 7 N–H and O–H groups in total. The van der Waals surface area contributed by atoms with E-state index in [2.05, 4.69) is 16.0 Å². The van der Waals surface area contributed by atoms with Gasteiger partial charge in [0, 0.05) is 6.42 Å². The highest BCUT2D eigenvalue weighted by Crippen LogP contribution is 2.13. The Bertz CT molecular complexity index is 896. The van der Waals surface area contributed by atoms with Gasteiger partial charge in [0.25, 0.3) is 0 Å². The van der Waals surface area contributed by atoms with E-state index < -0.39 is 47.9 Å². The lowest BCUT2D eigenvalue weighted by molar-refractivity contribution is -0.142. The van der Waals surface area contributed by atoms with Crippen molar-refractivity contribution in [2.75, 3.05) is 12.0 Å². The van der Waals surface area contributed by atoms with Gasteiger partial charge in [0.2, 0.25) is 17.7 Å². The Balaban J connectivity index is 3.01. The van der Waals surface area contributed by atoms with Crippen molar-refractivity contribution < 1.29 is 29.4 Å². The van der Waals surface area contributed by atoms with Crippen LogP contribution < -0.4 is 21.7 Å². The maximum absolute atomic E-state index is 13.2. The van der Waals surface area contributed by atoms with E-state index in [1.54, 1.807) is 12.1 Å². The SMILES string of the molecule is CCC(C)C(N)C(=O)NC(CC(C)C)C(=O)NC(CCSC)C(=O)NC(Cc1ccc(O)cc1)C(=O)O. The van der Waals surface area contributed by atoms with Crippen LogP contribution in [0.3, 0.4) is 0 Å². The van der Waals surface area contributed by atoms with Crippen molar-refractivity contribution >= 4 is 35.5 Å². The van der Waals surface area contributed by atoms with Crippen molar-refractivity contribution in [3.8, 4) is 5.75 Å². The van der Waals surface area contributed by atoms with Crippen LogP contribution in [0.25, 0.3) is 0 Å². The zero-order chi connectivity index (χ0) is 28.1. The molecule has 5 atom stereocenters. The number of carbonyl (C=O) groups excluding carboxylic acids is 3. The van der Waals surface area contributed by atoms with E-state index in [0.717, 1.165) is 0 Å². The Morgan fingerprint density at radius 2 is 1.46 bits per heavy atom. The predicted octanol–water partition coefficient (Wildman–Crippen LogP) is 1.65. The molecule has 5 unspecified atom stereocenters. The monoisotopic (exact) mass is 538 g/mol. The molecular weight excluding hydrogens is 496 g/mol. The number of hydrogen-bond acceptors (Lipinski definition) is 7. The third-order valence-corrected chi connectivity index (χ3v) is 6.78. The Hall–Kier alpha value is -2.79. The molecule has 0 aliphatic heterocycles. The second-order valence-corrected chi connectivity index (χ2v) is 10.7. The number of nitrogens with one attached hydrogen (secondary N) is 3. The minimum absolute atomic E-state index is 0.00405. The van der Waals surface area contributed by atoms with Gasteiger partial charge in [-0.25, -0.2) is 4.79 Å². The number of thioether (sulfide) groups is 1. The molecular formula is C26H42N4O6S. The molecule has 0 spiro atoms. The number of phenols is 1. The summed E-state index contributed by atoms with van der Waals surface area (Å²) in [6.45, 7) is 7.62. The minimum atomic E-state index is -1.23. The van der Waals surface area contributed by atoms with Crippen LogP contribution in [0.2, 0.25) is 0 Å². The van der Waals surface area contributed by atoms with Gasteiger partial charge in [-0.05, 0) is 54.4 Å². The Kier molecular flexibility index (Phi) is 14.1. The number of amides is 3. The molecule has 0 saturated heterocycles. The van der Waals surface area contributed by atoms with Crippen molar-refractivity contribution in [3.05, 3.63) is 29.8 Å². The second-order valence-electron chi connectivity index (χ2n) is 9.71. The molecule has 3 amide bonds. The van der Waals surface area contributed by atoms with E-state index >= 15 is 0 Å². The molecule has 0 bridgehead atoms. The van der Waals surface area contributed by atoms with Gasteiger partial charge in [0.05, 0.1) is 6.04 Å². The Morgan fingerprint density at radius 1 is 0.919 bits per heavy atom. The zero-order valence-electron chi connectivity index (χ0n) is 22.3. The summed E-state index contributed by atoms with van der Waals surface area (Å²) in [5, 5.41) is 27.1. The first-order valence-corrected chi connectivity index (χ1v) is 13.9. The summed E-state index contributed by atoms with van der Waals surface area (Å²) in [6, 6.07) is 2.16. The van der Waals surface area contributed by atoms with E-state index in [9.17, 15) is 29.4 Å². The van der Waals surface area contributed by atoms with Gasteiger partial charge in [-0.1, -0.05) is 46.2 Å². The fraction of sp³-hybridized carbons (Fsp3) is 0.615. The van der Waals surface area contributed by atoms with Gasteiger partial charge in [-0.2, -0.15) is 11.8 Å². The van der Waals surface area contributed by atoms with Crippen molar-refractivity contribution in [2.24, 2.45) is 17.6 Å². The number of aliphatic carboxylic acids is 1. The fourth-order valence-electron chi connectivity index (χ4n) is 3.60. The van der Waals surface area contributed by atoms with Crippen LogP contribution in [-0.4, -0.2) is 70.1 Å². The van der Waals surface area contributed by atoms with Crippen LogP contribution in [0, 0.1) is 11.8 Å². The number of phenolic OH excluding ortho intramolecular Hbond substituents is 1. The standard InChI is InChI=1S/C26H42N4O6S/c1-6-16(4)22(27)25(34)29-20(13-15(2)3)24(33)28-19(11-12-37-5)23(32)30-21(26(35)36)14-17-7-9-18(31)10-8-17/h7-10,15-16,19-22,31H,6,11-14,27H2,1-5H3,(H,28,33)(H,29,34)(H,30,32)(H,35,36).